The van der Waals surface area contributed by atoms with Crippen LogP contribution in [-0.4, -0.2) is 63.1 Å². The summed E-state index contributed by atoms with van der Waals surface area (Å²) in [5, 5.41) is 24.8. The van der Waals surface area contributed by atoms with Crippen LogP contribution in [0.5, 0.6) is 5.75 Å². The van der Waals surface area contributed by atoms with Crippen LogP contribution in [-0.2, 0) is 6.42 Å². The third kappa shape index (κ3) is 3.67. The van der Waals surface area contributed by atoms with E-state index in [1.807, 2.05) is 19.0 Å². The molecule has 2 aromatic heterocycles. The fourth-order valence-electron chi connectivity index (χ4n) is 4.99. The van der Waals surface area contributed by atoms with E-state index in [2.05, 4.69) is 15.5 Å². The lowest BCUT2D eigenvalue weighted by molar-refractivity contribution is 0.0177. The van der Waals surface area contributed by atoms with E-state index >= 15 is 0 Å². The molecule has 0 unspecified atom stereocenters. The Hall–Kier alpha value is -3.38. The minimum Gasteiger partial charge on any atom is -0.502 e. The Morgan fingerprint density at radius 1 is 1.20 bits per heavy atom. The number of aromatic nitrogens is 3. The molecule has 1 amide bonds. The molecule has 12 heteroatoms. The fourth-order valence-corrected chi connectivity index (χ4v) is 5.86. The van der Waals surface area contributed by atoms with Crippen LogP contribution in [0.2, 0.25) is 0 Å². The molecular formula is C23H24F2N6O3S. The third-order valence-electron chi connectivity index (χ3n) is 6.81. The van der Waals surface area contributed by atoms with Crippen LogP contribution < -0.4 is 15.8 Å². The van der Waals surface area contributed by atoms with Crippen molar-refractivity contribution in [2.75, 3.05) is 31.7 Å². The normalized spacial score (nSPS) is 17.2. The van der Waals surface area contributed by atoms with Gasteiger partial charge in [0.2, 0.25) is 5.43 Å². The molecule has 35 heavy (non-hydrogen) atoms. The topological polar surface area (TPSA) is 104 Å². The first-order valence-corrected chi connectivity index (χ1v) is 12.1. The highest BCUT2D eigenvalue weighted by molar-refractivity contribution is 7.14. The van der Waals surface area contributed by atoms with Crippen molar-refractivity contribution < 1.29 is 18.7 Å². The van der Waals surface area contributed by atoms with Gasteiger partial charge in [-0.25, -0.2) is 8.78 Å². The second kappa shape index (κ2) is 8.68. The Kier molecular flexibility index (Phi) is 5.80. The van der Waals surface area contributed by atoms with Crippen LogP contribution in [0.4, 0.5) is 8.78 Å². The molecule has 9 nitrogen and oxygen atoms in total. The predicted molar refractivity (Wildman–Crippen MR) is 126 cm³/mol. The van der Waals surface area contributed by atoms with E-state index in [4.69, 9.17) is 0 Å². The summed E-state index contributed by atoms with van der Waals surface area (Å²) in [5.41, 5.74) is -1.09. The van der Waals surface area contributed by atoms with Crippen LogP contribution in [0, 0.1) is 11.6 Å². The quantitative estimate of drug-likeness (QED) is 0.563. The lowest BCUT2D eigenvalue weighted by Gasteiger charge is -2.55. The number of nitrogens with zero attached hydrogens (tertiary/aromatic N) is 5. The van der Waals surface area contributed by atoms with Crippen LogP contribution in [0.25, 0.3) is 10.6 Å². The number of hydrogen-bond donors (Lipinski definition) is 2. The zero-order valence-corrected chi connectivity index (χ0v) is 20.0. The maximum atomic E-state index is 14.1. The van der Waals surface area contributed by atoms with E-state index < -0.39 is 34.4 Å². The Morgan fingerprint density at radius 2 is 1.94 bits per heavy atom. The highest BCUT2D eigenvalue weighted by Gasteiger charge is 2.49. The molecule has 2 N–H and O–H groups in total. The third-order valence-corrected chi connectivity index (χ3v) is 7.77. The van der Waals surface area contributed by atoms with Gasteiger partial charge in [0.15, 0.2) is 16.5 Å². The van der Waals surface area contributed by atoms with Gasteiger partial charge in [-0.1, -0.05) is 17.4 Å². The largest absolute Gasteiger partial charge is 0.502 e. The van der Waals surface area contributed by atoms with E-state index in [0.29, 0.717) is 24.4 Å². The number of hydrogen-bond acceptors (Lipinski definition) is 8. The Morgan fingerprint density at radius 3 is 2.63 bits per heavy atom. The molecule has 184 valence electrons. The second-order valence-electron chi connectivity index (χ2n) is 8.63. The second-order valence-corrected chi connectivity index (χ2v) is 9.69. The van der Waals surface area contributed by atoms with Crippen molar-refractivity contribution in [3.63, 3.8) is 0 Å². The first-order valence-electron chi connectivity index (χ1n) is 11.3. The maximum Gasteiger partial charge on any atom is 0.278 e. The highest BCUT2D eigenvalue weighted by Crippen LogP contribution is 2.37. The minimum absolute atomic E-state index is 0.0714. The average Bonchev–Trinajstić information content (AvgIpc) is 3.30. The van der Waals surface area contributed by atoms with Gasteiger partial charge in [-0.15, -0.1) is 10.2 Å². The van der Waals surface area contributed by atoms with Crippen LogP contribution in [0.1, 0.15) is 40.8 Å². The van der Waals surface area contributed by atoms with Gasteiger partial charge in [0.1, 0.15) is 22.3 Å². The smallest absolute Gasteiger partial charge is 0.278 e. The van der Waals surface area contributed by atoms with Gasteiger partial charge in [-0.2, -0.15) is 0 Å². The summed E-state index contributed by atoms with van der Waals surface area (Å²) in [5.74, 6) is -2.42. The molecule has 1 spiro atoms. The zero-order chi connectivity index (χ0) is 24.9. The van der Waals surface area contributed by atoms with Gasteiger partial charge in [0.25, 0.3) is 5.91 Å². The number of pyridine rings is 1. The van der Waals surface area contributed by atoms with Gasteiger partial charge < -0.3 is 15.3 Å². The summed E-state index contributed by atoms with van der Waals surface area (Å²) in [6.07, 6.45) is 2.94. The number of aromatic hydroxyl groups is 1. The summed E-state index contributed by atoms with van der Waals surface area (Å²) >= 11 is 1.07. The molecule has 3 aromatic rings. The number of benzene rings is 1. The minimum atomic E-state index is -0.731. The lowest BCUT2D eigenvalue weighted by Crippen LogP contribution is -2.71. The van der Waals surface area contributed by atoms with Gasteiger partial charge in [-0.3, -0.25) is 19.3 Å². The highest BCUT2D eigenvalue weighted by atomic mass is 32.1. The Labute approximate surface area is 203 Å². The van der Waals surface area contributed by atoms with Gasteiger partial charge in [0, 0.05) is 45.1 Å². The van der Waals surface area contributed by atoms with E-state index in [9.17, 15) is 23.5 Å². The number of rotatable bonds is 4. The molecule has 0 atom stereocenters. The summed E-state index contributed by atoms with van der Waals surface area (Å²) in [4.78, 5) is 28.2. The van der Waals surface area contributed by atoms with E-state index in [0.717, 1.165) is 36.6 Å². The molecule has 2 aliphatic heterocycles. The number of carbonyl (C=O) groups is 1. The number of halogens is 2. The molecule has 4 heterocycles. The first-order chi connectivity index (χ1) is 16.8. The summed E-state index contributed by atoms with van der Waals surface area (Å²) in [6.45, 7) is 3.75. The SMILES string of the molecule is CCN1C(=O)c2c(O)c(=O)c(-c3nnc(Cc4ccc(F)cc4F)s3)cn2N(C)C12CCNCC2. The van der Waals surface area contributed by atoms with Gasteiger partial charge in [-0.05, 0) is 31.6 Å². The summed E-state index contributed by atoms with van der Waals surface area (Å²) < 4.78 is 28.8. The molecule has 1 aromatic carbocycles. The molecule has 1 fully saturated rings. The predicted octanol–water partition coefficient (Wildman–Crippen LogP) is 2.06. The van der Waals surface area contributed by atoms with Gasteiger partial charge in [0.05, 0.1) is 5.56 Å². The summed E-state index contributed by atoms with van der Waals surface area (Å²) in [6, 6.07) is 3.30. The van der Waals surface area contributed by atoms with E-state index in [1.165, 1.54) is 16.9 Å². The molecule has 0 bridgehead atoms. The number of carbonyl (C=O) groups excluding carboxylic acids is 1. The zero-order valence-electron chi connectivity index (χ0n) is 19.2. The van der Waals surface area contributed by atoms with Crippen LogP contribution >= 0.6 is 11.3 Å². The van der Waals surface area contributed by atoms with Crippen molar-refractivity contribution in [3.8, 4) is 16.3 Å². The van der Waals surface area contributed by atoms with Gasteiger partial charge >= 0.3 is 0 Å². The Bertz CT molecular complexity index is 1370. The number of amides is 1. The van der Waals surface area contributed by atoms with Crippen molar-refractivity contribution in [2.45, 2.75) is 31.8 Å². The van der Waals surface area contributed by atoms with Crippen molar-refractivity contribution in [2.24, 2.45) is 0 Å². The van der Waals surface area contributed by atoms with Crippen LogP contribution in [0.15, 0.2) is 29.2 Å². The van der Waals surface area contributed by atoms with Crippen LogP contribution in [0.3, 0.4) is 0 Å². The lowest BCUT2D eigenvalue weighted by atomic mass is 9.93. The van der Waals surface area contributed by atoms with E-state index in [-0.39, 0.29) is 28.2 Å². The van der Waals surface area contributed by atoms with Crippen molar-refractivity contribution >= 4 is 17.2 Å². The average molecular weight is 503 g/mol. The van der Waals surface area contributed by atoms with Crippen molar-refractivity contribution in [3.05, 3.63) is 62.5 Å². The molecule has 0 radical (unpaired) electrons. The van der Waals surface area contributed by atoms with Crippen molar-refractivity contribution in [1.82, 2.24) is 25.1 Å². The molecule has 2 aliphatic rings. The number of piperidine rings is 1. The number of nitrogens with one attached hydrogen (secondary N) is 1. The molecule has 5 rings (SSSR count). The first kappa shape index (κ1) is 23.4. The molecule has 1 saturated heterocycles. The maximum absolute atomic E-state index is 14.1. The molecule has 0 aliphatic carbocycles. The molecular weight excluding hydrogens is 478 g/mol. The molecule has 0 saturated carbocycles. The monoisotopic (exact) mass is 502 g/mol. The Balaban J connectivity index is 1.57. The fraction of sp³-hybridized carbons (Fsp3) is 0.391. The van der Waals surface area contributed by atoms with E-state index in [1.54, 1.807) is 4.90 Å². The number of fused-ring (bicyclic) bond motifs is 1. The van der Waals surface area contributed by atoms with Crippen molar-refractivity contribution in [1.29, 1.82) is 0 Å². The summed E-state index contributed by atoms with van der Waals surface area (Å²) in [7, 11) is 1.83. The standard InChI is InChI=1S/C23H24F2N6O3S/c1-3-30-22(34)18-20(33)19(32)15(12-31(18)29(2)23(30)6-8-26-9-7-23)21-28-27-17(35-21)10-13-4-5-14(24)11-16(13)25/h4-5,11-12,26,33H,3,6-10H2,1-2H3.